The van der Waals surface area contributed by atoms with Crippen LogP contribution in [0.2, 0.25) is 0 Å². The molecule has 1 fully saturated rings. The van der Waals surface area contributed by atoms with Crippen LogP contribution in [-0.2, 0) is 5.54 Å². The maximum atomic E-state index is 14.1. The van der Waals surface area contributed by atoms with E-state index < -0.39 is 5.54 Å². The van der Waals surface area contributed by atoms with Gasteiger partial charge in [0, 0.05) is 11.3 Å². The van der Waals surface area contributed by atoms with Crippen LogP contribution >= 0.6 is 11.8 Å². The third-order valence-corrected chi connectivity index (χ3v) is 5.07. The number of rotatable bonds is 1. The van der Waals surface area contributed by atoms with Crippen LogP contribution in [0.3, 0.4) is 0 Å². The normalized spacial score (nSPS) is 31.6. The molecule has 18 heavy (non-hydrogen) atoms. The number of thioether (sulfide) groups is 1. The van der Waals surface area contributed by atoms with Gasteiger partial charge in [-0.15, -0.1) is 0 Å². The van der Waals surface area contributed by atoms with E-state index in [-0.39, 0.29) is 5.82 Å². The van der Waals surface area contributed by atoms with E-state index in [1.807, 2.05) is 12.1 Å². The summed E-state index contributed by atoms with van der Waals surface area (Å²) < 4.78 is 14.1. The van der Waals surface area contributed by atoms with Crippen LogP contribution in [-0.4, -0.2) is 10.9 Å². The maximum Gasteiger partial charge on any atom is 0.154 e. The molecule has 2 unspecified atom stereocenters. The predicted octanol–water partition coefficient (Wildman–Crippen LogP) is 3.27. The molecular formula is C14H17FN2S. The first-order valence-corrected chi connectivity index (χ1v) is 7.44. The first-order chi connectivity index (χ1) is 8.72. The lowest BCUT2D eigenvalue weighted by molar-refractivity contribution is 0.206. The molecule has 3 rings (SSSR count). The lowest BCUT2D eigenvalue weighted by atomic mass is 9.69. The molecule has 1 aliphatic heterocycles. The minimum Gasteiger partial charge on any atom is -0.379 e. The number of amidine groups is 1. The van der Waals surface area contributed by atoms with Gasteiger partial charge in [-0.2, -0.15) is 0 Å². The van der Waals surface area contributed by atoms with Gasteiger partial charge in [-0.1, -0.05) is 42.8 Å². The summed E-state index contributed by atoms with van der Waals surface area (Å²) in [5.41, 5.74) is 6.24. The number of aliphatic imine (C=N–C) groups is 1. The van der Waals surface area contributed by atoms with Crippen molar-refractivity contribution in [2.75, 3.05) is 5.75 Å². The highest BCUT2D eigenvalue weighted by Crippen LogP contribution is 2.49. The van der Waals surface area contributed by atoms with E-state index in [0.29, 0.717) is 11.1 Å². The van der Waals surface area contributed by atoms with Gasteiger partial charge in [-0.3, -0.25) is 4.99 Å². The zero-order chi connectivity index (χ0) is 12.6. The molecular weight excluding hydrogens is 247 g/mol. The van der Waals surface area contributed by atoms with E-state index in [9.17, 15) is 4.39 Å². The third kappa shape index (κ3) is 1.83. The lowest BCUT2D eigenvalue weighted by Crippen LogP contribution is -2.43. The van der Waals surface area contributed by atoms with Gasteiger partial charge in [-0.05, 0) is 24.8 Å². The highest BCUT2D eigenvalue weighted by Gasteiger charge is 2.45. The van der Waals surface area contributed by atoms with Crippen molar-refractivity contribution in [3.8, 4) is 0 Å². The molecule has 1 aromatic rings. The van der Waals surface area contributed by atoms with Crippen molar-refractivity contribution in [3.63, 3.8) is 0 Å². The van der Waals surface area contributed by atoms with Crippen molar-refractivity contribution in [1.29, 1.82) is 0 Å². The average molecular weight is 264 g/mol. The van der Waals surface area contributed by atoms with E-state index >= 15 is 0 Å². The molecule has 0 spiro atoms. The Bertz CT molecular complexity index is 488. The Hall–Kier alpha value is -1.03. The second kappa shape index (κ2) is 4.57. The number of fused-ring (bicyclic) bond motifs is 1. The number of nitrogens with zero attached hydrogens (tertiary/aromatic N) is 1. The summed E-state index contributed by atoms with van der Waals surface area (Å²) in [5, 5.41) is 0.608. The number of benzene rings is 1. The van der Waals surface area contributed by atoms with E-state index in [4.69, 9.17) is 5.73 Å². The van der Waals surface area contributed by atoms with Crippen LogP contribution in [0.15, 0.2) is 29.3 Å². The number of hydrogen-bond acceptors (Lipinski definition) is 3. The zero-order valence-corrected chi connectivity index (χ0v) is 11.0. The Morgan fingerprint density at radius 2 is 2.17 bits per heavy atom. The van der Waals surface area contributed by atoms with Gasteiger partial charge >= 0.3 is 0 Å². The van der Waals surface area contributed by atoms with Gasteiger partial charge in [0.1, 0.15) is 5.82 Å². The van der Waals surface area contributed by atoms with Crippen molar-refractivity contribution < 1.29 is 4.39 Å². The number of hydrogen-bond donors (Lipinski definition) is 1. The Kier molecular flexibility index (Phi) is 3.06. The fourth-order valence-electron chi connectivity index (χ4n) is 3.24. The van der Waals surface area contributed by atoms with Gasteiger partial charge < -0.3 is 5.73 Å². The minimum atomic E-state index is -0.404. The molecule has 0 amide bonds. The molecule has 1 saturated carbocycles. The van der Waals surface area contributed by atoms with E-state index in [0.717, 1.165) is 30.6 Å². The van der Waals surface area contributed by atoms with Crippen LogP contribution in [0, 0.1) is 11.7 Å². The summed E-state index contributed by atoms with van der Waals surface area (Å²) in [7, 11) is 0. The standard InChI is InChI=1S/C14H17FN2S/c15-12-7-2-1-6-11(12)14-8-4-3-5-10(14)9-18-13(16)17-14/h1-2,6-7,10H,3-5,8-9H2,(H2,16,17). The van der Waals surface area contributed by atoms with E-state index in [1.54, 1.807) is 17.8 Å². The molecule has 96 valence electrons. The van der Waals surface area contributed by atoms with Crippen LogP contribution in [0.4, 0.5) is 4.39 Å². The van der Waals surface area contributed by atoms with Gasteiger partial charge in [-0.25, -0.2) is 4.39 Å². The van der Waals surface area contributed by atoms with Crippen LogP contribution < -0.4 is 5.73 Å². The smallest absolute Gasteiger partial charge is 0.154 e. The summed E-state index contributed by atoms with van der Waals surface area (Å²) in [4.78, 5) is 4.68. The molecule has 1 aromatic carbocycles. The highest BCUT2D eigenvalue weighted by atomic mass is 32.2. The second-order valence-electron chi connectivity index (χ2n) is 5.11. The molecule has 2 nitrogen and oxygen atoms in total. The first-order valence-electron chi connectivity index (χ1n) is 6.45. The average Bonchev–Trinajstić information content (AvgIpc) is 2.38. The third-order valence-electron chi connectivity index (χ3n) is 4.12. The van der Waals surface area contributed by atoms with Gasteiger partial charge in [0.2, 0.25) is 0 Å². The molecule has 1 heterocycles. The van der Waals surface area contributed by atoms with E-state index in [2.05, 4.69) is 4.99 Å². The molecule has 0 radical (unpaired) electrons. The van der Waals surface area contributed by atoms with E-state index in [1.165, 1.54) is 12.5 Å². The zero-order valence-electron chi connectivity index (χ0n) is 10.2. The summed E-state index contributed by atoms with van der Waals surface area (Å²) in [5.74, 6) is 1.23. The number of nitrogens with two attached hydrogens (primary N) is 1. The topological polar surface area (TPSA) is 38.4 Å². The molecule has 0 bridgehead atoms. The predicted molar refractivity (Wildman–Crippen MR) is 74.1 cm³/mol. The SMILES string of the molecule is NC1=NC2(c3ccccc3F)CCCCC2CS1. The fourth-order valence-corrected chi connectivity index (χ4v) is 4.28. The Labute approximate surface area is 111 Å². The van der Waals surface area contributed by atoms with Gasteiger partial charge in [0.15, 0.2) is 5.17 Å². The van der Waals surface area contributed by atoms with Crippen molar-refractivity contribution in [3.05, 3.63) is 35.6 Å². The molecule has 2 atom stereocenters. The molecule has 0 aromatic heterocycles. The molecule has 0 saturated heterocycles. The fraction of sp³-hybridized carbons (Fsp3) is 0.500. The summed E-state index contributed by atoms with van der Waals surface area (Å²) in [6.45, 7) is 0. The van der Waals surface area contributed by atoms with Crippen LogP contribution in [0.5, 0.6) is 0 Å². The summed E-state index contributed by atoms with van der Waals surface area (Å²) in [6.07, 6.45) is 4.36. The maximum absolute atomic E-state index is 14.1. The van der Waals surface area contributed by atoms with Gasteiger partial charge in [0.05, 0.1) is 5.54 Å². The second-order valence-corrected chi connectivity index (χ2v) is 6.15. The van der Waals surface area contributed by atoms with Crippen molar-refractivity contribution in [2.45, 2.75) is 31.2 Å². The van der Waals surface area contributed by atoms with Crippen LogP contribution in [0.25, 0.3) is 0 Å². The number of halogens is 1. The quantitative estimate of drug-likeness (QED) is 0.845. The van der Waals surface area contributed by atoms with Crippen molar-refractivity contribution >= 4 is 16.9 Å². The Morgan fingerprint density at radius 1 is 1.33 bits per heavy atom. The van der Waals surface area contributed by atoms with Gasteiger partial charge in [0.25, 0.3) is 0 Å². The Morgan fingerprint density at radius 3 is 3.00 bits per heavy atom. The van der Waals surface area contributed by atoms with Crippen molar-refractivity contribution in [2.24, 2.45) is 16.6 Å². The molecule has 1 aliphatic carbocycles. The molecule has 2 aliphatic rings. The highest BCUT2D eigenvalue weighted by molar-refractivity contribution is 8.13. The Balaban J connectivity index is 2.13. The van der Waals surface area contributed by atoms with Crippen molar-refractivity contribution in [1.82, 2.24) is 0 Å². The monoisotopic (exact) mass is 264 g/mol. The summed E-state index contributed by atoms with van der Waals surface area (Å²) >= 11 is 1.61. The lowest BCUT2D eigenvalue weighted by Gasteiger charge is -2.44. The summed E-state index contributed by atoms with van der Waals surface area (Å²) in [6, 6.07) is 7.04. The largest absolute Gasteiger partial charge is 0.379 e. The first kappa shape index (κ1) is 12.0. The molecule has 4 heteroatoms. The van der Waals surface area contributed by atoms with Crippen LogP contribution in [0.1, 0.15) is 31.2 Å². The molecule has 2 N–H and O–H groups in total. The minimum absolute atomic E-state index is 0.146.